The number of piperazine rings is 1. The first-order valence-corrected chi connectivity index (χ1v) is 13.4. The second kappa shape index (κ2) is 12.7. The average molecular weight is 562 g/mol. The monoisotopic (exact) mass is 561 g/mol. The zero-order chi connectivity index (χ0) is 28.8. The average Bonchev–Trinajstić information content (AvgIpc) is 2.93. The van der Waals surface area contributed by atoms with Gasteiger partial charge < -0.3 is 19.9 Å². The van der Waals surface area contributed by atoms with Gasteiger partial charge in [-0.05, 0) is 30.8 Å². The fourth-order valence-corrected chi connectivity index (χ4v) is 4.82. The van der Waals surface area contributed by atoms with Crippen LogP contribution in [-0.2, 0) is 11.2 Å². The normalized spacial score (nSPS) is 16.0. The van der Waals surface area contributed by atoms with E-state index in [9.17, 15) is 18.8 Å². The number of pyridine rings is 1. The Morgan fingerprint density at radius 2 is 1.73 bits per heavy atom. The number of amides is 5. The van der Waals surface area contributed by atoms with E-state index in [0.29, 0.717) is 19.1 Å². The minimum atomic E-state index is -0.773. The summed E-state index contributed by atoms with van der Waals surface area (Å²) in [6, 6.07) is 15.5. The molecule has 3 heterocycles. The van der Waals surface area contributed by atoms with Crippen molar-refractivity contribution in [2.24, 2.45) is 0 Å². The summed E-state index contributed by atoms with van der Waals surface area (Å²) < 4.78 is 20.4. The molecule has 2 fully saturated rings. The van der Waals surface area contributed by atoms with E-state index in [-0.39, 0.29) is 35.5 Å². The number of hydrogen-bond acceptors (Lipinski definition) is 7. The lowest BCUT2D eigenvalue weighted by Crippen LogP contribution is -2.62. The van der Waals surface area contributed by atoms with Crippen molar-refractivity contribution in [3.8, 4) is 11.5 Å². The summed E-state index contributed by atoms with van der Waals surface area (Å²) in [5, 5.41) is 7.44. The summed E-state index contributed by atoms with van der Waals surface area (Å²) in [7, 11) is 2.10. The molecule has 41 heavy (non-hydrogen) atoms. The van der Waals surface area contributed by atoms with Crippen LogP contribution in [0.5, 0.6) is 11.5 Å². The van der Waals surface area contributed by atoms with Gasteiger partial charge in [0, 0.05) is 69.3 Å². The van der Waals surface area contributed by atoms with Crippen LogP contribution in [-0.4, -0.2) is 90.0 Å². The molecular formula is C29H32FN7O4. The summed E-state index contributed by atoms with van der Waals surface area (Å²) in [4.78, 5) is 47.7. The van der Waals surface area contributed by atoms with Crippen molar-refractivity contribution >= 4 is 29.5 Å². The Hall–Kier alpha value is -4.55. The number of rotatable bonds is 7. The van der Waals surface area contributed by atoms with Crippen LogP contribution in [0, 0.1) is 5.82 Å². The van der Waals surface area contributed by atoms with Crippen LogP contribution in [0.25, 0.3) is 0 Å². The van der Waals surface area contributed by atoms with E-state index in [1.807, 2.05) is 6.07 Å². The predicted molar refractivity (Wildman–Crippen MR) is 151 cm³/mol. The Morgan fingerprint density at radius 1 is 0.976 bits per heavy atom. The maximum absolute atomic E-state index is 14.8. The first-order valence-electron chi connectivity index (χ1n) is 13.4. The fourth-order valence-electron chi connectivity index (χ4n) is 4.82. The van der Waals surface area contributed by atoms with E-state index in [1.54, 1.807) is 35.2 Å². The Kier molecular flexibility index (Phi) is 8.70. The number of imide groups is 1. The molecule has 12 heteroatoms. The summed E-state index contributed by atoms with van der Waals surface area (Å²) in [5.74, 6) is -0.739. The van der Waals surface area contributed by atoms with Crippen LogP contribution >= 0.6 is 0 Å². The molecule has 3 aromatic rings. The fraction of sp³-hybridized carbons (Fsp3) is 0.310. The van der Waals surface area contributed by atoms with Crippen LogP contribution in [0.4, 0.5) is 25.5 Å². The van der Waals surface area contributed by atoms with Gasteiger partial charge in [0.15, 0.2) is 11.6 Å². The van der Waals surface area contributed by atoms with Crippen LogP contribution in [0.15, 0.2) is 66.9 Å². The van der Waals surface area contributed by atoms with Gasteiger partial charge in [-0.25, -0.2) is 19.0 Å². The molecule has 2 aliphatic rings. The molecule has 0 bridgehead atoms. The predicted octanol–water partition coefficient (Wildman–Crippen LogP) is 3.37. The van der Waals surface area contributed by atoms with Gasteiger partial charge in [-0.2, -0.15) is 0 Å². The molecule has 214 valence electrons. The second-order valence-corrected chi connectivity index (χ2v) is 10.1. The molecule has 1 aromatic heterocycles. The van der Waals surface area contributed by atoms with Crippen molar-refractivity contribution in [2.75, 3.05) is 56.9 Å². The number of nitrogens with zero attached hydrogens (tertiary/aromatic N) is 4. The molecular weight excluding hydrogens is 529 g/mol. The SMILES string of the molecule is CN1CC(N2CCN(C(=O)Nc3cc(Oc4ccc(NC(=O)NC(=O)Cc5ccccc5)cc4F)ccn3)CC2)C1. The quantitative estimate of drug-likeness (QED) is 0.405. The lowest BCUT2D eigenvalue weighted by molar-refractivity contribution is -0.119. The molecule has 5 rings (SSSR count). The summed E-state index contributed by atoms with van der Waals surface area (Å²) in [5.41, 5.74) is 0.909. The van der Waals surface area contributed by atoms with E-state index >= 15 is 0 Å². The number of anilines is 2. The van der Waals surface area contributed by atoms with E-state index in [4.69, 9.17) is 4.74 Å². The minimum Gasteiger partial charge on any atom is -0.454 e. The Morgan fingerprint density at radius 3 is 2.44 bits per heavy atom. The number of likely N-dealkylation sites (N-methyl/N-ethyl adjacent to an activating group) is 1. The number of nitrogens with one attached hydrogen (secondary N) is 3. The number of likely N-dealkylation sites (tertiary alicyclic amines) is 1. The molecule has 3 N–H and O–H groups in total. The lowest BCUT2D eigenvalue weighted by atomic mass is 10.1. The number of halogens is 1. The zero-order valence-electron chi connectivity index (χ0n) is 22.7. The first-order chi connectivity index (χ1) is 19.8. The zero-order valence-corrected chi connectivity index (χ0v) is 22.7. The molecule has 0 atom stereocenters. The maximum Gasteiger partial charge on any atom is 0.325 e. The van der Waals surface area contributed by atoms with E-state index in [1.165, 1.54) is 24.4 Å². The Balaban J connectivity index is 1.10. The Labute approximate surface area is 237 Å². The molecule has 0 saturated carbocycles. The highest BCUT2D eigenvalue weighted by Crippen LogP contribution is 2.28. The number of carbonyl (C=O) groups is 3. The summed E-state index contributed by atoms with van der Waals surface area (Å²) >= 11 is 0. The third-order valence-corrected chi connectivity index (χ3v) is 7.01. The van der Waals surface area contributed by atoms with Crippen LogP contribution < -0.4 is 20.7 Å². The lowest BCUT2D eigenvalue weighted by Gasteiger charge is -2.46. The second-order valence-electron chi connectivity index (χ2n) is 10.1. The number of aromatic nitrogens is 1. The Bertz CT molecular complexity index is 1390. The number of ether oxygens (including phenoxy) is 1. The van der Waals surface area contributed by atoms with Gasteiger partial charge in [-0.3, -0.25) is 20.3 Å². The minimum absolute atomic E-state index is 0.0405. The van der Waals surface area contributed by atoms with Crippen molar-refractivity contribution in [3.05, 3.63) is 78.2 Å². The summed E-state index contributed by atoms with van der Waals surface area (Å²) in [6.45, 7) is 5.05. The highest BCUT2D eigenvalue weighted by molar-refractivity contribution is 6.01. The molecule has 5 amide bonds. The van der Waals surface area contributed by atoms with Crippen LogP contribution in [0.2, 0.25) is 0 Å². The molecule has 0 unspecified atom stereocenters. The van der Waals surface area contributed by atoms with Gasteiger partial charge in [-0.15, -0.1) is 0 Å². The third-order valence-electron chi connectivity index (χ3n) is 7.01. The largest absolute Gasteiger partial charge is 0.454 e. The maximum atomic E-state index is 14.8. The molecule has 2 saturated heterocycles. The van der Waals surface area contributed by atoms with Gasteiger partial charge in [0.05, 0.1) is 6.42 Å². The summed E-state index contributed by atoms with van der Waals surface area (Å²) in [6.07, 6.45) is 1.50. The van der Waals surface area contributed by atoms with Crippen molar-refractivity contribution < 1.29 is 23.5 Å². The van der Waals surface area contributed by atoms with Crippen LogP contribution in [0.1, 0.15) is 5.56 Å². The van der Waals surface area contributed by atoms with E-state index in [2.05, 4.69) is 37.8 Å². The van der Waals surface area contributed by atoms with Gasteiger partial charge >= 0.3 is 12.1 Å². The van der Waals surface area contributed by atoms with Crippen molar-refractivity contribution in [3.63, 3.8) is 0 Å². The molecule has 11 nitrogen and oxygen atoms in total. The van der Waals surface area contributed by atoms with Crippen molar-refractivity contribution in [1.29, 1.82) is 0 Å². The van der Waals surface area contributed by atoms with Gasteiger partial charge in [0.1, 0.15) is 11.6 Å². The molecule has 2 aliphatic heterocycles. The first kappa shape index (κ1) is 28.0. The van der Waals surface area contributed by atoms with Crippen LogP contribution in [0.3, 0.4) is 0 Å². The number of urea groups is 2. The standard InChI is InChI=1S/C29H32FN7O4/c1-35-18-22(19-35)36-11-13-37(14-12-36)29(40)33-26-17-23(9-10-31-26)41-25-8-7-21(16-24(25)30)32-28(39)34-27(38)15-20-5-3-2-4-6-20/h2-10,16-17,22H,11-15,18-19H2,1H3,(H,31,33,40)(H2,32,34,38,39). The molecule has 0 spiro atoms. The van der Waals surface area contributed by atoms with Crippen molar-refractivity contribution in [2.45, 2.75) is 12.5 Å². The molecule has 0 radical (unpaired) electrons. The number of carbonyl (C=O) groups excluding carboxylic acids is 3. The number of benzene rings is 2. The smallest absolute Gasteiger partial charge is 0.325 e. The third kappa shape index (κ3) is 7.56. The molecule has 0 aliphatic carbocycles. The van der Waals surface area contributed by atoms with Gasteiger partial charge in [-0.1, -0.05) is 30.3 Å². The van der Waals surface area contributed by atoms with Crippen molar-refractivity contribution in [1.82, 2.24) is 25.0 Å². The highest BCUT2D eigenvalue weighted by Gasteiger charge is 2.32. The van der Waals surface area contributed by atoms with Gasteiger partial charge in [0.25, 0.3) is 0 Å². The molecule has 2 aromatic carbocycles. The van der Waals surface area contributed by atoms with E-state index in [0.717, 1.165) is 37.8 Å². The highest BCUT2D eigenvalue weighted by atomic mass is 19.1. The van der Waals surface area contributed by atoms with Gasteiger partial charge in [0.2, 0.25) is 5.91 Å². The number of hydrogen-bond donors (Lipinski definition) is 3. The van der Waals surface area contributed by atoms with E-state index < -0.39 is 17.8 Å². The topological polar surface area (TPSA) is 119 Å².